The molecule has 104 valence electrons. The summed E-state index contributed by atoms with van der Waals surface area (Å²) in [5.74, 6) is 1.42. The van der Waals surface area contributed by atoms with Gasteiger partial charge < -0.3 is 20.1 Å². The minimum atomic E-state index is -0.239. The topological polar surface area (TPSA) is 60.1 Å². The van der Waals surface area contributed by atoms with Crippen molar-refractivity contribution in [3.8, 4) is 5.75 Å². The lowest BCUT2D eigenvalue weighted by Crippen LogP contribution is -2.48. The number of benzene rings is 1. The Hall–Kier alpha value is -1.75. The molecular weight excluding hydrogens is 242 g/mol. The van der Waals surface area contributed by atoms with Gasteiger partial charge in [-0.3, -0.25) is 4.99 Å². The third-order valence-electron chi connectivity index (χ3n) is 3.63. The van der Waals surface area contributed by atoms with Crippen molar-refractivity contribution >= 4 is 5.96 Å². The van der Waals surface area contributed by atoms with Crippen molar-refractivity contribution in [2.45, 2.75) is 12.5 Å². The molecule has 1 aromatic carbocycles. The maximum absolute atomic E-state index is 5.99. The average molecular weight is 263 g/mol. The van der Waals surface area contributed by atoms with E-state index in [4.69, 9.17) is 15.2 Å². The van der Waals surface area contributed by atoms with E-state index in [-0.39, 0.29) is 5.54 Å². The summed E-state index contributed by atoms with van der Waals surface area (Å²) in [4.78, 5) is 6.47. The summed E-state index contributed by atoms with van der Waals surface area (Å²) in [6.45, 7) is 4.13. The molecule has 0 saturated carbocycles. The highest BCUT2D eigenvalue weighted by molar-refractivity contribution is 5.81. The van der Waals surface area contributed by atoms with E-state index in [1.54, 1.807) is 14.2 Å². The predicted octanol–water partition coefficient (Wildman–Crippen LogP) is 1.19. The zero-order valence-corrected chi connectivity index (χ0v) is 11.7. The molecule has 1 aliphatic rings. The van der Waals surface area contributed by atoms with Crippen LogP contribution in [0.15, 0.2) is 29.3 Å². The summed E-state index contributed by atoms with van der Waals surface area (Å²) in [6, 6.07) is 8.04. The van der Waals surface area contributed by atoms with Gasteiger partial charge in [0.05, 0.1) is 25.8 Å². The summed E-state index contributed by atoms with van der Waals surface area (Å²) in [5.41, 5.74) is 6.90. The molecule has 0 bridgehead atoms. The smallest absolute Gasteiger partial charge is 0.192 e. The van der Waals surface area contributed by atoms with Crippen molar-refractivity contribution in [2.24, 2.45) is 10.7 Å². The van der Waals surface area contributed by atoms with Gasteiger partial charge in [-0.15, -0.1) is 0 Å². The lowest BCUT2D eigenvalue weighted by Gasteiger charge is -2.36. The van der Waals surface area contributed by atoms with E-state index in [2.05, 4.69) is 22.9 Å². The highest BCUT2D eigenvalue weighted by atomic mass is 16.5. The number of methoxy groups -OCH3 is 2. The van der Waals surface area contributed by atoms with Crippen molar-refractivity contribution in [3.63, 3.8) is 0 Å². The summed E-state index contributed by atoms with van der Waals surface area (Å²) in [7, 11) is 3.36. The molecule has 0 amide bonds. The van der Waals surface area contributed by atoms with E-state index in [9.17, 15) is 0 Å². The van der Waals surface area contributed by atoms with Crippen molar-refractivity contribution in [3.05, 3.63) is 29.8 Å². The van der Waals surface area contributed by atoms with Crippen LogP contribution < -0.4 is 10.5 Å². The zero-order valence-electron chi connectivity index (χ0n) is 11.7. The first-order valence-electron chi connectivity index (χ1n) is 6.33. The van der Waals surface area contributed by atoms with Crippen LogP contribution in [0.1, 0.15) is 12.5 Å². The fourth-order valence-corrected chi connectivity index (χ4v) is 2.41. The molecule has 0 aliphatic carbocycles. The summed E-state index contributed by atoms with van der Waals surface area (Å²) in [6.07, 6.45) is 0. The normalized spacial score (nSPS) is 22.5. The molecule has 2 N–H and O–H groups in total. The Morgan fingerprint density at radius 3 is 2.89 bits per heavy atom. The van der Waals surface area contributed by atoms with Gasteiger partial charge in [0.1, 0.15) is 5.75 Å². The summed E-state index contributed by atoms with van der Waals surface area (Å²) in [5, 5.41) is 0. The monoisotopic (exact) mass is 263 g/mol. The maximum atomic E-state index is 5.99. The van der Waals surface area contributed by atoms with E-state index in [1.165, 1.54) is 0 Å². The number of nitrogens with zero attached hydrogens (tertiary/aromatic N) is 2. The SMILES string of the molecule is COCCN1C(N)=NCC1(C)c1cccc(OC)c1. The van der Waals surface area contributed by atoms with E-state index in [0.29, 0.717) is 19.1 Å². The molecule has 0 aromatic heterocycles. The third kappa shape index (κ3) is 2.51. The van der Waals surface area contributed by atoms with Crippen LogP contribution in [0.4, 0.5) is 0 Å². The van der Waals surface area contributed by atoms with Crippen LogP contribution in [0.3, 0.4) is 0 Å². The van der Waals surface area contributed by atoms with E-state index >= 15 is 0 Å². The molecule has 1 aromatic rings. The zero-order chi connectivity index (χ0) is 13.9. The Morgan fingerprint density at radius 1 is 1.42 bits per heavy atom. The van der Waals surface area contributed by atoms with Crippen LogP contribution in [0.2, 0.25) is 0 Å². The van der Waals surface area contributed by atoms with Crippen LogP contribution in [0.5, 0.6) is 5.75 Å². The first-order valence-corrected chi connectivity index (χ1v) is 6.33. The fourth-order valence-electron chi connectivity index (χ4n) is 2.41. The Balaban J connectivity index is 2.29. The third-order valence-corrected chi connectivity index (χ3v) is 3.63. The number of aliphatic imine (C=N–C) groups is 1. The van der Waals surface area contributed by atoms with Gasteiger partial charge in [-0.05, 0) is 24.6 Å². The quantitative estimate of drug-likeness (QED) is 0.867. The molecule has 0 spiro atoms. The first kappa shape index (κ1) is 13.7. The second-order valence-corrected chi connectivity index (χ2v) is 4.82. The fraction of sp³-hybridized carbons (Fsp3) is 0.500. The largest absolute Gasteiger partial charge is 0.497 e. The molecule has 5 heteroatoms. The minimum absolute atomic E-state index is 0.239. The van der Waals surface area contributed by atoms with E-state index in [1.807, 2.05) is 18.2 Å². The van der Waals surface area contributed by atoms with Gasteiger partial charge in [0.15, 0.2) is 5.96 Å². The minimum Gasteiger partial charge on any atom is -0.497 e. The average Bonchev–Trinajstić information content (AvgIpc) is 2.73. The molecule has 19 heavy (non-hydrogen) atoms. The van der Waals surface area contributed by atoms with Gasteiger partial charge >= 0.3 is 0 Å². The van der Waals surface area contributed by atoms with Gasteiger partial charge in [0, 0.05) is 13.7 Å². The lowest BCUT2D eigenvalue weighted by atomic mass is 9.91. The molecule has 1 heterocycles. The van der Waals surface area contributed by atoms with E-state index < -0.39 is 0 Å². The first-order chi connectivity index (χ1) is 9.11. The summed E-state index contributed by atoms with van der Waals surface area (Å²) >= 11 is 0. The van der Waals surface area contributed by atoms with Crippen LogP contribution in [0.25, 0.3) is 0 Å². The summed E-state index contributed by atoms with van der Waals surface area (Å²) < 4.78 is 10.4. The highest BCUT2D eigenvalue weighted by Gasteiger charge is 2.39. The van der Waals surface area contributed by atoms with Gasteiger partial charge in [-0.2, -0.15) is 0 Å². The van der Waals surface area contributed by atoms with Crippen molar-refractivity contribution < 1.29 is 9.47 Å². The maximum Gasteiger partial charge on any atom is 0.192 e. The highest BCUT2D eigenvalue weighted by Crippen LogP contribution is 2.33. The Labute approximate surface area is 114 Å². The lowest BCUT2D eigenvalue weighted by molar-refractivity contribution is 0.137. The Morgan fingerprint density at radius 2 is 2.21 bits per heavy atom. The van der Waals surface area contributed by atoms with Crippen molar-refractivity contribution in [2.75, 3.05) is 33.9 Å². The number of guanidine groups is 1. The standard InChI is InChI=1S/C14H21N3O2/c1-14(11-5-4-6-12(9-11)19-3)10-16-13(15)17(14)7-8-18-2/h4-6,9H,7-8,10H2,1-3H3,(H2,15,16). The van der Waals surface area contributed by atoms with Gasteiger partial charge in [0.25, 0.3) is 0 Å². The second-order valence-electron chi connectivity index (χ2n) is 4.82. The molecule has 5 nitrogen and oxygen atoms in total. The predicted molar refractivity (Wildman–Crippen MR) is 75.4 cm³/mol. The molecule has 2 rings (SSSR count). The Kier molecular flexibility index (Phi) is 3.95. The van der Waals surface area contributed by atoms with Gasteiger partial charge in [0.2, 0.25) is 0 Å². The van der Waals surface area contributed by atoms with Gasteiger partial charge in [-0.25, -0.2) is 0 Å². The molecule has 1 aliphatic heterocycles. The molecule has 0 radical (unpaired) electrons. The molecule has 0 saturated heterocycles. The van der Waals surface area contributed by atoms with E-state index in [0.717, 1.165) is 17.9 Å². The van der Waals surface area contributed by atoms with Crippen molar-refractivity contribution in [1.29, 1.82) is 0 Å². The van der Waals surface area contributed by atoms with Crippen LogP contribution in [-0.2, 0) is 10.3 Å². The number of nitrogens with two attached hydrogens (primary N) is 1. The molecule has 1 unspecified atom stereocenters. The van der Waals surface area contributed by atoms with Crippen LogP contribution >= 0.6 is 0 Å². The van der Waals surface area contributed by atoms with Gasteiger partial charge in [-0.1, -0.05) is 12.1 Å². The number of ether oxygens (including phenoxy) is 2. The number of hydrogen-bond donors (Lipinski definition) is 1. The Bertz CT molecular complexity index is 476. The molecule has 0 fully saturated rings. The number of rotatable bonds is 5. The molecule has 1 atom stereocenters. The number of hydrogen-bond acceptors (Lipinski definition) is 5. The van der Waals surface area contributed by atoms with Crippen molar-refractivity contribution in [1.82, 2.24) is 4.90 Å². The van der Waals surface area contributed by atoms with Crippen LogP contribution in [0, 0.1) is 0 Å². The van der Waals surface area contributed by atoms with Crippen LogP contribution in [-0.4, -0.2) is 44.8 Å². The molecular formula is C14H21N3O2. The second kappa shape index (κ2) is 5.48.